The van der Waals surface area contributed by atoms with Crippen LogP contribution in [-0.4, -0.2) is 12.1 Å². The SMILES string of the molecule is CCC(C)CCC1=CC(C)OC1=O. The Balaban J connectivity index is 2.37. The average Bonchev–Trinajstić information content (AvgIpc) is 2.41. The fraction of sp³-hybridized carbons (Fsp3) is 0.727. The second-order valence-electron chi connectivity index (χ2n) is 3.85. The van der Waals surface area contributed by atoms with Crippen molar-refractivity contribution >= 4 is 5.97 Å². The van der Waals surface area contributed by atoms with Gasteiger partial charge in [0.2, 0.25) is 0 Å². The summed E-state index contributed by atoms with van der Waals surface area (Å²) in [5, 5.41) is 0. The van der Waals surface area contributed by atoms with E-state index in [1.807, 2.05) is 13.0 Å². The minimum absolute atomic E-state index is 0.0144. The van der Waals surface area contributed by atoms with Gasteiger partial charge < -0.3 is 4.74 Å². The number of cyclic esters (lactones) is 1. The first-order chi connectivity index (χ1) is 6.13. The van der Waals surface area contributed by atoms with Gasteiger partial charge in [-0.25, -0.2) is 4.79 Å². The van der Waals surface area contributed by atoms with Crippen molar-refractivity contribution in [2.75, 3.05) is 0 Å². The van der Waals surface area contributed by atoms with Gasteiger partial charge in [-0.2, -0.15) is 0 Å². The van der Waals surface area contributed by atoms with E-state index in [1.165, 1.54) is 6.42 Å². The van der Waals surface area contributed by atoms with Crippen LogP contribution < -0.4 is 0 Å². The third-order valence-electron chi connectivity index (χ3n) is 2.59. The molecule has 0 radical (unpaired) electrons. The van der Waals surface area contributed by atoms with E-state index in [9.17, 15) is 4.79 Å². The minimum Gasteiger partial charge on any atom is -0.455 e. The third-order valence-corrected chi connectivity index (χ3v) is 2.59. The summed E-state index contributed by atoms with van der Waals surface area (Å²) in [6, 6.07) is 0. The molecule has 2 heteroatoms. The molecule has 0 aromatic carbocycles. The Labute approximate surface area is 80.0 Å². The smallest absolute Gasteiger partial charge is 0.334 e. The molecule has 0 fully saturated rings. The average molecular weight is 182 g/mol. The number of esters is 1. The predicted molar refractivity (Wildman–Crippen MR) is 52.3 cm³/mol. The lowest BCUT2D eigenvalue weighted by Gasteiger charge is -2.06. The molecule has 0 N–H and O–H groups in total. The van der Waals surface area contributed by atoms with E-state index >= 15 is 0 Å². The zero-order valence-electron chi connectivity index (χ0n) is 8.67. The molecule has 0 amide bonds. The van der Waals surface area contributed by atoms with Gasteiger partial charge in [-0.05, 0) is 31.8 Å². The second-order valence-corrected chi connectivity index (χ2v) is 3.85. The van der Waals surface area contributed by atoms with E-state index in [2.05, 4.69) is 13.8 Å². The van der Waals surface area contributed by atoms with E-state index in [0.29, 0.717) is 5.92 Å². The highest BCUT2D eigenvalue weighted by Crippen LogP contribution is 2.21. The van der Waals surface area contributed by atoms with E-state index in [-0.39, 0.29) is 12.1 Å². The van der Waals surface area contributed by atoms with Gasteiger partial charge in [0.25, 0.3) is 0 Å². The van der Waals surface area contributed by atoms with Crippen LogP contribution >= 0.6 is 0 Å². The van der Waals surface area contributed by atoms with E-state index < -0.39 is 0 Å². The molecule has 2 unspecified atom stereocenters. The fourth-order valence-electron chi connectivity index (χ4n) is 1.42. The van der Waals surface area contributed by atoms with Gasteiger partial charge in [0.15, 0.2) is 0 Å². The Morgan fingerprint density at radius 3 is 2.77 bits per heavy atom. The quantitative estimate of drug-likeness (QED) is 0.625. The van der Waals surface area contributed by atoms with Crippen LogP contribution in [0.1, 0.15) is 40.0 Å². The van der Waals surface area contributed by atoms with Crippen LogP contribution in [0.3, 0.4) is 0 Å². The van der Waals surface area contributed by atoms with Crippen molar-refractivity contribution in [3.8, 4) is 0 Å². The van der Waals surface area contributed by atoms with E-state index in [4.69, 9.17) is 4.74 Å². The number of carbonyl (C=O) groups excluding carboxylic acids is 1. The van der Waals surface area contributed by atoms with E-state index in [1.54, 1.807) is 0 Å². The summed E-state index contributed by atoms with van der Waals surface area (Å²) in [5.41, 5.74) is 0.868. The Hall–Kier alpha value is -0.790. The first-order valence-corrected chi connectivity index (χ1v) is 5.05. The monoisotopic (exact) mass is 182 g/mol. The molecule has 0 bridgehead atoms. The third kappa shape index (κ3) is 2.87. The number of ether oxygens (including phenoxy) is 1. The largest absolute Gasteiger partial charge is 0.455 e. The highest BCUT2D eigenvalue weighted by atomic mass is 16.5. The molecule has 1 rings (SSSR count). The first-order valence-electron chi connectivity index (χ1n) is 5.05. The van der Waals surface area contributed by atoms with Crippen molar-refractivity contribution in [1.82, 2.24) is 0 Å². The Morgan fingerprint density at radius 2 is 2.31 bits per heavy atom. The van der Waals surface area contributed by atoms with Gasteiger partial charge in [0.05, 0.1) is 0 Å². The van der Waals surface area contributed by atoms with Crippen LogP contribution in [0.2, 0.25) is 0 Å². The fourth-order valence-corrected chi connectivity index (χ4v) is 1.42. The van der Waals surface area contributed by atoms with Crippen molar-refractivity contribution in [2.24, 2.45) is 5.92 Å². The van der Waals surface area contributed by atoms with Gasteiger partial charge in [-0.1, -0.05) is 20.3 Å². The molecule has 74 valence electrons. The van der Waals surface area contributed by atoms with Crippen LogP contribution in [0.4, 0.5) is 0 Å². The lowest BCUT2D eigenvalue weighted by atomic mass is 9.99. The summed E-state index contributed by atoms with van der Waals surface area (Å²) >= 11 is 0. The van der Waals surface area contributed by atoms with E-state index in [0.717, 1.165) is 18.4 Å². The van der Waals surface area contributed by atoms with Gasteiger partial charge in [-0.15, -0.1) is 0 Å². The van der Waals surface area contributed by atoms with Crippen molar-refractivity contribution in [1.29, 1.82) is 0 Å². The molecule has 0 aromatic rings. The molecular formula is C11H18O2. The molecule has 1 aliphatic rings. The van der Waals surface area contributed by atoms with Crippen molar-refractivity contribution in [2.45, 2.75) is 46.1 Å². The summed E-state index contributed by atoms with van der Waals surface area (Å²) in [6.45, 7) is 6.28. The highest BCUT2D eigenvalue weighted by molar-refractivity contribution is 5.90. The van der Waals surface area contributed by atoms with Crippen molar-refractivity contribution in [3.05, 3.63) is 11.6 Å². The van der Waals surface area contributed by atoms with Crippen molar-refractivity contribution < 1.29 is 9.53 Å². The Kier molecular flexibility index (Phi) is 3.52. The van der Waals surface area contributed by atoms with Gasteiger partial charge in [0, 0.05) is 5.57 Å². The predicted octanol–water partition coefficient (Wildman–Crippen LogP) is 2.68. The topological polar surface area (TPSA) is 26.3 Å². The molecule has 0 spiro atoms. The first kappa shape index (κ1) is 10.3. The van der Waals surface area contributed by atoms with Gasteiger partial charge in [0.1, 0.15) is 6.10 Å². The Bertz CT molecular complexity index is 218. The van der Waals surface area contributed by atoms with Crippen LogP contribution in [0.25, 0.3) is 0 Å². The summed E-state index contributed by atoms with van der Waals surface area (Å²) in [4.78, 5) is 11.2. The molecule has 0 aliphatic carbocycles. The normalized spacial score (nSPS) is 24.1. The summed E-state index contributed by atoms with van der Waals surface area (Å²) in [5.74, 6) is 0.584. The molecule has 13 heavy (non-hydrogen) atoms. The maximum absolute atomic E-state index is 11.2. The summed E-state index contributed by atoms with van der Waals surface area (Å²) < 4.78 is 5.01. The molecule has 0 saturated heterocycles. The summed E-state index contributed by atoms with van der Waals surface area (Å²) in [7, 11) is 0. The minimum atomic E-state index is -0.115. The molecule has 0 aromatic heterocycles. The Morgan fingerprint density at radius 1 is 1.62 bits per heavy atom. The lowest BCUT2D eigenvalue weighted by Crippen LogP contribution is -2.04. The standard InChI is InChI=1S/C11H18O2/c1-4-8(2)5-6-10-7-9(3)13-11(10)12/h7-9H,4-6H2,1-3H3. The maximum atomic E-state index is 11.2. The number of rotatable bonds is 4. The van der Waals surface area contributed by atoms with Crippen LogP contribution in [0.5, 0.6) is 0 Å². The number of hydrogen-bond donors (Lipinski definition) is 0. The summed E-state index contributed by atoms with van der Waals surface area (Å²) in [6.07, 6.45) is 5.06. The molecule has 2 atom stereocenters. The van der Waals surface area contributed by atoms with Crippen molar-refractivity contribution in [3.63, 3.8) is 0 Å². The van der Waals surface area contributed by atoms with Crippen LogP contribution in [0, 0.1) is 5.92 Å². The number of hydrogen-bond acceptors (Lipinski definition) is 2. The molecule has 2 nitrogen and oxygen atoms in total. The molecule has 1 aliphatic heterocycles. The van der Waals surface area contributed by atoms with Crippen LogP contribution in [-0.2, 0) is 9.53 Å². The molecule has 0 saturated carbocycles. The molecule has 1 heterocycles. The maximum Gasteiger partial charge on any atom is 0.334 e. The lowest BCUT2D eigenvalue weighted by molar-refractivity contribution is -0.139. The van der Waals surface area contributed by atoms with Crippen LogP contribution in [0.15, 0.2) is 11.6 Å². The van der Waals surface area contributed by atoms with Gasteiger partial charge in [-0.3, -0.25) is 0 Å². The zero-order valence-corrected chi connectivity index (χ0v) is 8.67. The number of carbonyl (C=O) groups is 1. The highest BCUT2D eigenvalue weighted by Gasteiger charge is 2.21. The molecular weight excluding hydrogens is 164 g/mol. The zero-order chi connectivity index (χ0) is 9.84. The second kappa shape index (κ2) is 4.45. The van der Waals surface area contributed by atoms with Gasteiger partial charge >= 0.3 is 5.97 Å².